The van der Waals surface area contributed by atoms with Crippen molar-refractivity contribution in [1.29, 1.82) is 0 Å². The minimum Gasteiger partial charge on any atom is -0.256 e. The summed E-state index contributed by atoms with van der Waals surface area (Å²) in [4.78, 5) is 4.32. The number of hydrogen-bond acceptors (Lipinski definition) is 1. The highest BCUT2D eigenvalue weighted by Gasteiger charge is 2.02. The first-order valence-corrected chi connectivity index (χ1v) is 4.95. The maximum atomic E-state index is 4.32. The molecule has 0 fully saturated rings. The summed E-state index contributed by atoms with van der Waals surface area (Å²) in [5.74, 6) is 0. The molecule has 1 heteroatoms. The van der Waals surface area contributed by atoms with Crippen LogP contribution in [0.1, 0.15) is 16.8 Å². The van der Waals surface area contributed by atoms with Crippen molar-refractivity contribution in [3.05, 3.63) is 72.1 Å². The average Bonchev–Trinajstić information content (AvgIpc) is 2.29. The van der Waals surface area contributed by atoms with Gasteiger partial charge >= 0.3 is 0 Å². The highest BCUT2D eigenvalue weighted by atomic mass is 14.7. The summed E-state index contributed by atoms with van der Waals surface area (Å²) in [7, 11) is 0. The van der Waals surface area contributed by atoms with E-state index in [0.717, 1.165) is 16.8 Å². The van der Waals surface area contributed by atoms with Crippen molar-refractivity contribution in [2.45, 2.75) is 6.92 Å². The second-order valence-corrected chi connectivity index (χ2v) is 3.56. The largest absolute Gasteiger partial charge is 0.256 e. The maximum Gasteiger partial charge on any atom is 0.0704 e. The summed E-state index contributed by atoms with van der Waals surface area (Å²) in [5, 5.41) is 0. The van der Waals surface area contributed by atoms with Crippen molar-refractivity contribution in [1.82, 2.24) is 4.98 Å². The zero-order chi connectivity index (χ0) is 10.7. The molecule has 1 nitrogen and oxygen atoms in total. The molecule has 0 aliphatic rings. The summed E-state index contributed by atoms with van der Waals surface area (Å²) in [6.45, 7) is 6.13. The molecule has 0 atom stereocenters. The van der Waals surface area contributed by atoms with E-state index in [1.54, 1.807) is 0 Å². The molecule has 1 aromatic heterocycles. The van der Waals surface area contributed by atoms with Crippen LogP contribution < -0.4 is 0 Å². The van der Waals surface area contributed by atoms with Gasteiger partial charge < -0.3 is 0 Å². The van der Waals surface area contributed by atoms with E-state index in [2.05, 4.69) is 24.6 Å². The summed E-state index contributed by atoms with van der Waals surface area (Å²) >= 11 is 0. The Morgan fingerprint density at radius 1 is 1.13 bits per heavy atom. The van der Waals surface area contributed by atoms with Gasteiger partial charge in [0.2, 0.25) is 0 Å². The van der Waals surface area contributed by atoms with Gasteiger partial charge in [0.15, 0.2) is 0 Å². The topological polar surface area (TPSA) is 12.9 Å². The Kier molecular flexibility index (Phi) is 2.64. The first kappa shape index (κ1) is 9.66. The molecule has 0 saturated heterocycles. The van der Waals surface area contributed by atoms with Crippen molar-refractivity contribution in [3.63, 3.8) is 0 Å². The van der Waals surface area contributed by atoms with Crippen LogP contribution in [-0.4, -0.2) is 4.98 Å². The van der Waals surface area contributed by atoms with E-state index in [1.165, 1.54) is 5.56 Å². The molecule has 1 heterocycles. The minimum absolute atomic E-state index is 0.946. The van der Waals surface area contributed by atoms with Crippen molar-refractivity contribution >= 4 is 5.57 Å². The van der Waals surface area contributed by atoms with E-state index >= 15 is 0 Å². The predicted octanol–water partition coefficient (Wildman–Crippen LogP) is 3.45. The maximum absolute atomic E-state index is 4.32. The Balaban J connectivity index is 2.37. The Morgan fingerprint density at radius 3 is 2.53 bits per heavy atom. The third-order valence-electron chi connectivity index (χ3n) is 2.35. The average molecular weight is 195 g/mol. The van der Waals surface area contributed by atoms with Crippen LogP contribution in [0.15, 0.2) is 55.2 Å². The van der Waals surface area contributed by atoms with Crippen LogP contribution in [0.4, 0.5) is 0 Å². The van der Waals surface area contributed by atoms with E-state index < -0.39 is 0 Å². The standard InChI is InChI=1S/C14H13N/c1-11-8-9-15-14(10-11)12(2)13-6-4-3-5-7-13/h3-10H,2H2,1H3. The number of nitrogens with zero attached hydrogens (tertiary/aromatic N) is 1. The Labute approximate surface area is 90.1 Å². The molecule has 1 aromatic carbocycles. The molecule has 2 rings (SSSR count). The Bertz CT molecular complexity index is 472. The molecule has 0 aliphatic heterocycles. The lowest BCUT2D eigenvalue weighted by Crippen LogP contribution is -1.90. The lowest BCUT2D eigenvalue weighted by atomic mass is 10.0. The van der Waals surface area contributed by atoms with Crippen molar-refractivity contribution < 1.29 is 0 Å². The second-order valence-electron chi connectivity index (χ2n) is 3.56. The number of benzene rings is 1. The summed E-state index contributed by atoms with van der Waals surface area (Å²) in [6, 6.07) is 14.2. The second kappa shape index (κ2) is 4.09. The zero-order valence-electron chi connectivity index (χ0n) is 8.77. The lowest BCUT2D eigenvalue weighted by molar-refractivity contribution is 1.24. The SMILES string of the molecule is C=C(c1ccccc1)c1cc(C)ccn1. The highest BCUT2D eigenvalue weighted by molar-refractivity contribution is 5.76. The molecule has 0 N–H and O–H groups in total. The van der Waals surface area contributed by atoms with E-state index in [0.29, 0.717) is 0 Å². The molecule has 0 aliphatic carbocycles. The monoisotopic (exact) mass is 195 g/mol. The fraction of sp³-hybridized carbons (Fsp3) is 0.0714. The van der Waals surface area contributed by atoms with Crippen LogP contribution in [0.2, 0.25) is 0 Å². The molecule has 0 saturated carbocycles. The summed E-state index contributed by atoms with van der Waals surface area (Å²) < 4.78 is 0. The molecule has 74 valence electrons. The van der Waals surface area contributed by atoms with Crippen LogP contribution in [0.3, 0.4) is 0 Å². The molecular formula is C14H13N. The van der Waals surface area contributed by atoms with E-state index in [9.17, 15) is 0 Å². The smallest absolute Gasteiger partial charge is 0.0704 e. The van der Waals surface area contributed by atoms with Gasteiger partial charge in [-0.3, -0.25) is 4.98 Å². The van der Waals surface area contributed by atoms with Gasteiger partial charge in [-0.15, -0.1) is 0 Å². The first-order chi connectivity index (χ1) is 7.27. The van der Waals surface area contributed by atoms with Gasteiger partial charge in [-0.1, -0.05) is 36.9 Å². The third kappa shape index (κ3) is 2.13. The quantitative estimate of drug-likeness (QED) is 0.715. The van der Waals surface area contributed by atoms with Gasteiger partial charge in [0, 0.05) is 11.8 Å². The number of aromatic nitrogens is 1. The van der Waals surface area contributed by atoms with Gasteiger partial charge in [-0.2, -0.15) is 0 Å². The highest BCUT2D eigenvalue weighted by Crippen LogP contribution is 2.19. The fourth-order valence-corrected chi connectivity index (χ4v) is 1.49. The molecule has 0 amide bonds. The Morgan fingerprint density at radius 2 is 1.87 bits per heavy atom. The molecule has 0 bridgehead atoms. The zero-order valence-corrected chi connectivity index (χ0v) is 8.77. The predicted molar refractivity (Wildman–Crippen MR) is 63.6 cm³/mol. The van der Waals surface area contributed by atoms with Gasteiger partial charge in [0.05, 0.1) is 5.69 Å². The van der Waals surface area contributed by atoms with Crippen LogP contribution >= 0.6 is 0 Å². The fourth-order valence-electron chi connectivity index (χ4n) is 1.49. The van der Waals surface area contributed by atoms with Crippen LogP contribution in [0, 0.1) is 6.92 Å². The molecule has 0 spiro atoms. The van der Waals surface area contributed by atoms with Gasteiger partial charge in [0.1, 0.15) is 0 Å². The summed E-state index contributed by atoms with van der Waals surface area (Å²) in [6.07, 6.45) is 1.82. The van der Waals surface area contributed by atoms with Crippen LogP contribution in [-0.2, 0) is 0 Å². The number of rotatable bonds is 2. The molecule has 0 unspecified atom stereocenters. The van der Waals surface area contributed by atoms with Crippen LogP contribution in [0.5, 0.6) is 0 Å². The van der Waals surface area contributed by atoms with Crippen molar-refractivity contribution in [3.8, 4) is 0 Å². The third-order valence-corrected chi connectivity index (χ3v) is 2.35. The first-order valence-electron chi connectivity index (χ1n) is 4.95. The van der Waals surface area contributed by atoms with E-state index in [4.69, 9.17) is 0 Å². The number of aryl methyl sites for hydroxylation is 1. The van der Waals surface area contributed by atoms with Gasteiger partial charge in [-0.25, -0.2) is 0 Å². The minimum atomic E-state index is 0.946. The number of hydrogen-bond donors (Lipinski definition) is 0. The lowest BCUT2D eigenvalue weighted by Gasteiger charge is -2.05. The normalized spacial score (nSPS) is 9.93. The van der Waals surface area contributed by atoms with Crippen LogP contribution in [0.25, 0.3) is 5.57 Å². The number of pyridine rings is 1. The van der Waals surface area contributed by atoms with E-state index in [1.807, 2.05) is 42.6 Å². The summed E-state index contributed by atoms with van der Waals surface area (Å²) in [5.41, 5.74) is 4.24. The van der Waals surface area contributed by atoms with Crippen molar-refractivity contribution in [2.24, 2.45) is 0 Å². The van der Waals surface area contributed by atoms with Crippen molar-refractivity contribution in [2.75, 3.05) is 0 Å². The molecule has 2 aromatic rings. The molecule has 15 heavy (non-hydrogen) atoms. The molecule has 0 radical (unpaired) electrons. The van der Waals surface area contributed by atoms with Gasteiger partial charge in [-0.05, 0) is 30.2 Å². The Hall–Kier alpha value is -1.89. The van der Waals surface area contributed by atoms with Gasteiger partial charge in [0.25, 0.3) is 0 Å². The molecular weight excluding hydrogens is 182 g/mol. The van der Waals surface area contributed by atoms with E-state index in [-0.39, 0.29) is 0 Å².